The molecule has 1 fully saturated rings. The van der Waals surface area contributed by atoms with E-state index in [4.69, 9.17) is 0 Å². The Bertz CT molecular complexity index is 841. The van der Waals surface area contributed by atoms with E-state index < -0.39 is 35.9 Å². The summed E-state index contributed by atoms with van der Waals surface area (Å²) in [5, 5.41) is 5.27. The van der Waals surface area contributed by atoms with Crippen LogP contribution in [0.2, 0.25) is 0 Å². The first-order chi connectivity index (χ1) is 16.8. The van der Waals surface area contributed by atoms with Crippen molar-refractivity contribution < 1.29 is 35.5 Å². The molecule has 0 aliphatic carbocycles. The monoisotopic (exact) mass is 523 g/mol. The van der Waals surface area contributed by atoms with Crippen LogP contribution in [0.15, 0.2) is 55.4 Å². The average molecular weight is 524 g/mol. The first kappa shape index (κ1) is 31.4. The first-order valence-corrected chi connectivity index (χ1v) is 11.4. The van der Waals surface area contributed by atoms with Gasteiger partial charge in [0.05, 0.1) is 23.5 Å². The van der Waals surface area contributed by atoms with E-state index in [9.17, 15) is 35.5 Å². The van der Waals surface area contributed by atoms with Gasteiger partial charge in [0, 0.05) is 26.1 Å². The summed E-state index contributed by atoms with van der Waals surface area (Å²) in [5.74, 6) is -0.812. The lowest BCUT2D eigenvalue weighted by Gasteiger charge is -2.26. The van der Waals surface area contributed by atoms with Crippen molar-refractivity contribution in [1.29, 1.82) is 0 Å². The number of hydrogen-bond donors (Lipinski definition) is 2. The highest BCUT2D eigenvalue weighted by atomic mass is 19.4. The second-order valence-corrected chi connectivity index (χ2v) is 8.16. The zero-order valence-corrected chi connectivity index (χ0v) is 20.0. The highest BCUT2D eigenvalue weighted by molar-refractivity contribution is 5.77. The van der Waals surface area contributed by atoms with Crippen molar-refractivity contribution in [3.63, 3.8) is 0 Å². The first-order valence-electron chi connectivity index (χ1n) is 11.4. The van der Waals surface area contributed by atoms with Crippen molar-refractivity contribution in [2.45, 2.75) is 44.6 Å². The number of benzene rings is 1. The Kier molecular flexibility index (Phi) is 13.5. The lowest BCUT2D eigenvalue weighted by atomic mass is 10.0. The van der Waals surface area contributed by atoms with Crippen molar-refractivity contribution in [3.05, 3.63) is 72.1 Å². The summed E-state index contributed by atoms with van der Waals surface area (Å²) in [4.78, 5) is 14.1. The molecule has 0 radical (unpaired) electrons. The SMILES string of the molecule is C=CC=CCC(=C)F.O=C(CNCCN1CCCCC1)NCc1cc(C(F)(F)F)cc(C(F)(F)F)c1. The summed E-state index contributed by atoms with van der Waals surface area (Å²) in [7, 11) is 0. The van der Waals surface area contributed by atoms with Crippen LogP contribution < -0.4 is 10.6 Å². The summed E-state index contributed by atoms with van der Waals surface area (Å²) >= 11 is 0. The molecule has 1 aromatic carbocycles. The second kappa shape index (κ2) is 15.5. The molecule has 0 bridgehead atoms. The van der Waals surface area contributed by atoms with Gasteiger partial charge in [0.1, 0.15) is 0 Å². The molecule has 0 unspecified atom stereocenters. The lowest BCUT2D eigenvalue weighted by molar-refractivity contribution is -0.143. The molecule has 1 aliphatic rings. The Balaban J connectivity index is 0.000000697. The van der Waals surface area contributed by atoms with E-state index in [0.29, 0.717) is 25.1 Å². The van der Waals surface area contributed by atoms with Gasteiger partial charge in [0.25, 0.3) is 0 Å². The third kappa shape index (κ3) is 13.4. The normalized spacial score (nSPS) is 14.8. The molecule has 0 saturated carbocycles. The van der Waals surface area contributed by atoms with Crippen LogP contribution in [0.25, 0.3) is 0 Å². The molecule has 1 aliphatic heterocycles. The van der Waals surface area contributed by atoms with Gasteiger partial charge in [-0.2, -0.15) is 26.3 Å². The largest absolute Gasteiger partial charge is 0.416 e. The maximum Gasteiger partial charge on any atom is 0.416 e. The zero-order valence-electron chi connectivity index (χ0n) is 20.0. The number of carbonyl (C=O) groups is 1. The predicted octanol–water partition coefficient (Wildman–Crippen LogP) is 6.02. The number of halogens is 7. The van der Waals surface area contributed by atoms with Gasteiger partial charge in [-0.1, -0.05) is 37.8 Å². The Morgan fingerprint density at radius 2 is 1.58 bits per heavy atom. The summed E-state index contributed by atoms with van der Waals surface area (Å²) in [5.41, 5.74) is -3.05. The van der Waals surface area contributed by atoms with Crippen LogP contribution in [0.1, 0.15) is 42.4 Å². The van der Waals surface area contributed by atoms with Gasteiger partial charge in [0.15, 0.2) is 0 Å². The van der Waals surface area contributed by atoms with E-state index >= 15 is 0 Å². The van der Waals surface area contributed by atoms with Crippen LogP contribution in [0.5, 0.6) is 0 Å². The van der Waals surface area contributed by atoms with Crippen molar-refractivity contribution in [1.82, 2.24) is 15.5 Å². The number of allylic oxidation sites excluding steroid dienone is 4. The lowest BCUT2D eigenvalue weighted by Crippen LogP contribution is -2.39. The van der Waals surface area contributed by atoms with Gasteiger partial charge < -0.3 is 15.5 Å². The molecule has 202 valence electrons. The van der Waals surface area contributed by atoms with Crippen molar-refractivity contribution in [2.75, 3.05) is 32.7 Å². The molecule has 1 saturated heterocycles. The van der Waals surface area contributed by atoms with E-state index in [0.717, 1.165) is 32.5 Å². The van der Waals surface area contributed by atoms with Gasteiger partial charge in [-0.15, -0.1) is 0 Å². The molecule has 11 heteroatoms. The minimum atomic E-state index is -4.91. The molecular weight excluding hydrogens is 491 g/mol. The molecule has 2 rings (SSSR count). The summed E-state index contributed by atoms with van der Waals surface area (Å²) in [6.45, 7) is 9.42. The Hall–Kier alpha value is -2.66. The molecule has 36 heavy (non-hydrogen) atoms. The van der Waals surface area contributed by atoms with Gasteiger partial charge in [-0.25, -0.2) is 4.39 Å². The minimum absolute atomic E-state index is 0.0566. The number of hydrogen-bond acceptors (Lipinski definition) is 3. The number of rotatable bonds is 10. The number of piperidine rings is 1. The maximum atomic E-state index is 12.8. The van der Waals surface area contributed by atoms with Crippen LogP contribution in [0.3, 0.4) is 0 Å². The molecule has 4 nitrogen and oxygen atoms in total. The second-order valence-electron chi connectivity index (χ2n) is 8.16. The van der Waals surface area contributed by atoms with Gasteiger partial charge >= 0.3 is 12.4 Å². The smallest absolute Gasteiger partial charge is 0.351 e. The van der Waals surface area contributed by atoms with Crippen LogP contribution in [0.4, 0.5) is 30.7 Å². The Labute approximate surface area is 206 Å². The minimum Gasteiger partial charge on any atom is -0.351 e. The molecular formula is C25H32F7N3O. The van der Waals surface area contributed by atoms with E-state index in [1.807, 2.05) is 0 Å². The predicted molar refractivity (Wildman–Crippen MR) is 126 cm³/mol. The van der Waals surface area contributed by atoms with E-state index in [-0.39, 0.29) is 24.0 Å². The number of likely N-dealkylation sites (tertiary alicyclic amines) is 1. The number of nitrogens with one attached hydrogen (secondary N) is 2. The summed E-state index contributed by atoms with van der Waals surface area (Å²) in [6.07, 6.45) is -1.05. The van der Waals surface area contributed by atoms with Gasteiger partial charge in [-0.3, -0.25) is 4.79 Å². The maximum absolute atomic E-state index is 12.8. The number of alkyl halides is 6. The van der Waals surface area contributed by atoms with E-state index in [1.165, 1.54) is 6.42 Å². The van der Waals surface area contributed by atoms with E-state index in [2.05, 4.69) is 28.7 Å². The van der Waals surface area contributed by atoms with Crippen LogP contribution in [-0.2, 0) is 23.7 Å². The van der Waals surface area contributed by atoms with Crippen molar-refractivity contribution in [2.24, 2.45) is 0 Å². The highest BCUT2D eigenvalue weighted by Gasteiger charge is 2.36. The molecule has 0 aromatic heterocycles. The fourth-order valence-corrected chi connectivity index (χ4v) is 3.30. The topological polar surface area (TPSA) is 44.4 Å². The van der Waals surface area contributed by atoms with E-state index in [1.54, 1.807) is 18.2 Å². The van der Waals surface area contributed by atoms with Crippen LogP contribution >= 0.6 is 0 Å². The van der Waals surface area contributed by atoms with Gasteiger partial charge in [-0.05, 0) is 49.7 Å². The standard InChI is InChI=1S/C18H23F6N3O.C7H9F/c19-17(20,21)14-8-13(9-15(10-14)18(22,23)24)11-26-16(28)12-25-4-7-27-5-2-1-3-6-27;1-3-4-5-6-7(2)8/h8-10,25H,1-7,11-12H2,(H,26,28);3-5H,1-2,6H2. The van der Waals surface area contributed by atoms with Gasteiger partial charge in [0.2, 0.25) is 5.91 Å². The summed E-state index contributed by atoms with van der Waals surface area (Å²) in [6, 6.07) is 1.28. The molecule has 1 aromatic rings. The molecule has 1 heterocycles. The number of carbonyl (C=O) groups excluding carboxylic acids is 1. The fraction of sp³-hybridized carbons (Fsp3) is 0.480. The third-order valence-corrected chi connectivity index (χ3v) is 5.09. The van der Waals surface area contributed by atoms with Crippen molar-refractivity contribution >= 4 is 5.91 Å². The molecule has 1 amide bonds. The van der Waals surface area contributed by atoms with Crippen LogP contribution in [0, 0.1) is 0 Å². The molecule has 0 spiro atoms. The molecule has 2 N–H and O–H groups in total. The third-order valence-electron chi connectivity index (χ3n) is 5.09. The molecule has 0 atom stereocenters. The number of nitrogens with zero attached hydrogens (tertiary/aromatic N) is 1. The Morgan fingerprint density at radius 3 is 2.08 bits per heavy atom. The highest BCUT2D eigenvalue weighted by Crippen LogP contribution is 2.36. The van der Waals surface area contributed by atoms with Crippen molar-refractivity contribution in [3.8, 4) is 0 Å². The Morgan fingerprint density at radius 1 is 1.00 bits per heavy atom. The average Bonchev–Trinajstić information content (AvgIpc) is 2.80. The quantitative estimate of drug-likeness (QED) is 0.224. The van der Waals surface area contributed by atoms with Crippen LogP contribution in [-0.4, -0.2) is 43.5 Å². The summed E-state index contributed by atoms with van der Waals surface area (Å²) < 4.78 is 88.7. The number of amides is 1. The zero-order chi connectivity index (χ0) is 27.2. The fourth-order valence-electron chi connectivity index (χ4n) is 3.30.